The van der Waals surface area contributed by atoms with Gasteiger partial charge >= 0.3 is 0 Å². The van der Waals surface area contributed by atoms with E-state index in [4.69, 9.17) is 5.73 Å². The summed E-state index contributed by atoms with van der Waals surface area (Å²) in [7, 11) is -2.60. The topological polar surface area (TPSA) is 103 Å². The van der Waals surface area contributed by atoms with E-state index in [1.165, 1.54) is 24.4 Å². The van der Waals surface area contributed by atoms with Gasteiger partial charge in [-0.1, -0.05) is 0 Å². The average Bonchev–Trinajstić information content (AvgIpc) is 3.33. The number of primary amides is 1. The van der Waals surface area contributed by atoms with Gasteiger partial charge in [0.05, 0.1) is 15.8 Å². The fourth-order valence-electron chi connectivity index (χ4n) is 5.00. The van der Waals surface area contributed by atoms with Crippen molar-refractivity contribution in [3.05, 3.63) is 45.8 Å². The summed E-state index contributed by atoms with van der Waals surface area (Å²) in [6, 6.07) is 6.27. The summed E-state index contributed by atoms with van der Waals surface area (Å²) in [5.74, 6) is 0.155. The molecule has 1 aromatic carbocycles. The zero-order valence-corrected chi connectivity index (χ0v) is 20.2. The molecule has 3 aromatic rings. The normalized spacial score (nSPS) is 23.7. The second-order valence-electron chi connectivity index (χ2n) is 9.81. The van der Waals surface area contributed by atoms with E-state index >= 15 is 0 Å². The molecule has 2 fully saturated rings. The van der Waals surface area contributed by atoms with Crippen molar-refractivity contribution in [1.29, 1.82) is 0 Å². The summed E-state index contributed by atoms with van der Waals surface area (Å²) in [5, 5.41) is 3.16. The molecule has 0 radical (unpaired) electrons. The first-order valence-electron chi connectivity index (χ1n) is 11.1. The third-order valence-corrected chi connectivity index (χ3v) is 10.9. The van der Waals surface area contributed by atoms with Gasteiger partial charge in [0.25, 0.3) is 5.91 Å². The number of benzene rings is 1. The molecule has 0 aliphatic carbocycles. The van der Waals surface area contributed by atoms with Crippen molar-refractivity contribution in [2.24, 2.45) is 5.73 Å². The smallest absolute Gasteiger partial charge is 0.250 e. The van der Waals surface area contributed by atoms with Crippen molar-refractivity contribution < 1.29 is 13.9 Å². The SMILES string of the molecule is CC1(C)CC(c2c[nH]c3c(C(N)=O)cc(-c4csc(CN5CCC5)c4)cc23)CCS1(O)O. The van der Waals surface area contributed by atoms with E-state index in [2.05, 4.69) is 27.4 Å². The van der Waals surface area contributed by atoms with Gasteiger partial charge in [0.2, 0.25) is 0 Å². The predicted octanol–water partition coefficient (Wildman–Crippen LogP) is 5.61. The summed E-state index contributed by atoms with van der Waals surface area (Å²) in [4.78, 5) is 19.4. The van der Waals surface area contributed by atoms with Crippen LogP contribution in [-0.2, 0) is 6.54 Å². The molecule has 2 aromatic heterocycles. The van der Waals surface area contributed by atoms with Crippen LogP contribution in [0, 0.1) is 0 Å². The Morgan fingerprint density at radius 2 is 2.06 bits per heavy atom. The van der Waals surface area contributed by atoms with E-state index in [1.807, 2.05) is 26.1 Å². The predicted molar refractivity (Wildman–Crippen MR) is 134 cm³/mol. The number of nitrogens with two attached hydrogens (primary N) is 1. The Kier molecular flexibility index (Phi) is 5.41. The molecule has 5 N–H and O–H groups in total. The van der Waals surface area contributed by atoms with Crippen molar-refractivity contribution in [2.45, 2.75) is 50.3 Å². The quantitative estimate of drug-likeness (QED) is 0.387. The Hall–Kier alpha value is -1.84. The van der Waals surface area contributed by atoms with Crippen molar-refractivity contribution >= 4 is 38.7 Å². The Bertz CT molecular complexity index is 1180. The molecule has 1 atom stereocenters. The summed E-state index contributed by atoms with van der Waals surface area (Å²) >= 11 is 1.76. The number of hydrogen-bond acceptors (Lipinski definition) is 5. The molecule has 8 heteroatoms. The van der Waals surface area contributed by atoms with Crippen LogP contribution in [0.1, 0.15) is 59.8 Å². The van der Waals surface area contributed by atoms with E-state index < -0.39 is 21.2 Å². The first-order valence-corrected chi connectivity index (χ1v) is 13.7. The molecule has 6 nitrogen and oxygen atoms in total. The van der Waals surface area contributed by atoms with E-state index in [1.54, 1.807) is 11.3 Å². The third-order valence-electron chi connectivity index (χ3n) is 7.22. The lowest BCUT2D eigenvalue weighted by Crippen LogP contribution is -2.36. The number of likely N-dealkylation sites (tertiary alicyclic amines) is 1. The van der Waals surface area contributed by atoms with Gasteiger partial charge in [0, 0.05) is 28.8 Å². The lowest BCUT2D eigenvalue weighted by atomic mass is 9.86. The van der Waals surface area contributed by atoms with Gasteiger partial charge in [-0.05, 0) is 92.4 Å². The van der Waals surface area contributed by atoms with Crippen molar-refractivity contribution in [3.63, 3.8) is 0 Å². The molecule has 1 unspecified atom stereocenters. The highest BCUT2D eigenvalue weighted by molar-refractivity contribution is 8.25. The molecule has 5 rings (SSSR count). The maximum absolute atomic E-state index is 12.3. The Morgan fingerprint density at radius 3 is 2.72 bits per heavy atom. The van der Waals surface area contributed by atoms with Gasteiger partial charge in [0.1, 0.15) is 0 Å². The van der Waals surface area contributed by atoms with E-state index in [0.29, 0.717) is 24.2 Å². The van der Waals surface area contributed by atoms with E-state index in [0.717, 1.165) is 34.1 Å². The number of aromatic nitrogens is 1. The number of nitrogens with zero attached hydrogens (tertiary/aromatic N) is 1. The number of aromatic amines is 1. The summed E-state index contributed by atoms with van der Waals surface area (Å²) in [5.41, 5.74) is 10.3. The van der Waals surface area contributed by atoms with Gasteiger partial charge in [-0.2, -0.15) is 10.6 Å². The summed E-state index contributed by atoms with van der Waals surface area (Å²) in [6.45, 7) is 7.19. The minimum atomic E-state index is -2.60. The lowest BCUT2D eigenvalue weighted by molar-refractivity contribution is 0.100. The average molecular weight is 474 g/mol. The maximum Gasteiger partial charge on any atom is 0.250 e. The van der Waals surface area contributed by atoms with Gasteiger partial charge in [-0.25, -0.2) is 0 Å². The van der Waals surface area contributed by atoms with Crippen LogP contribution in [0.5, 0.6) is 0 Å². The van der Waals surface area contributed by atoms with Crippen LogP contribution in [0.15, 0.2) is 29.8 Å². The number of rotatable bonds is 5. The number of H-pyrrole nitrogens is 1. The van der Waals surface area contributed by atoms with E-state index in [9.17, 15) is 13.9 Å². The van der Waals surface area contributed by atoms with Crippen LogP contribution in [0.2, 0.25) is 0 Å². The molecular weight excluding hydrogens is 442 g/mol. The zero-order chi connectivity index (χ0) is 22.7. The molecule has 2 aliphatic heterocycles. The maximum atomic E-state index is 12.3. The fourth-order valence-corrected chi connectivity index (χ4v) is 7.57. The Morgan fingerprint density at radius 1 is 1.28 bits per heavy atom. The molecule has 1 amide bonds. The molecule has 4 heterocycles. The van der Waals surface area contributed by atoms with Gasteiger partial charge in [-0.3, -0.25) is 18.8 Å². The monoisotopic (exact) mass is 473 g/mol. The van der Waals surface area contributed by atoms with Gasteiger partial charge < -0.3 is 10.7 Å². The number of fused-ring (bicyclic) bond motifs is 1. The number of carbonyl (C=O) groups is 1. The highest BCUT2D eigenvalue weighted by Gasteiger charge is 2.41. The minimum absolute atomic E-state index is 0.194. The Labute approximate surface area is 194 Å². The molecule has 172 valence electrons. The Balaban J connectivity index is 1.54. The van der Waals surface area contributed by atoms with Crippen molar-refractivity contribution in [2.75, 3.05) is 18.8 Å². The van der Waals surface area contributed by atoms with Crippen LogP contribution >= 0.6 is 21.9 Å². The summed E-state index contributed by atoms with van der Waals surface area (Å²) < 4.78 is 20.5. The molecule has 2 saturated heterocycles. The van der Waals surface area contributed by atoms with Gasteiger partial charge in [0.15, 0.2) is 0 Å². The first-order chi connectivity index (χ1) is 15.1. The highest BCUT2D eigenvalue weighted by atomic mass is 32.3. The highest BCUT2D eigenvalue weighted by Crippen LogP contribution is 2.61. The van der Waals surface area contributed by atoms with Crippen LogP contribution in [-0.4, -0.2) is 48.5 Å². The molecule has 0 spiro atoms. The number of thiophene rings is 1. The number of carbonyl (C=O) groups excluding carboxylic acids is 1. The number of hydrogen-bond donors (Lipinski definition) is 4. The van der Waals surface area contributed by atoms with Crippen LogP contribution in [0.25, 0.3) is 22.0 Å². The van der Waals surface area contributed by atoms with Crippen molar-refractivity contribution in [1.82, 2.24) is 9.88 Å². The number of amides is 1. The second kappa shape index (κ2) is 7.88. The minimum Gasteiger partial charge on any atom is -0.366 e. The van der Waals surface area contributed by atoms with E-state index in [-0.39, 0.29) is 5.92 Å². The van der Waals surface area contributed by atoms with Crippen LogP contribution in [0.3, 0.4) is 0 Å². The zero-order valence-electron chi connectivity index (χ0n) is 18.6. The third kappa shape index (κ3) is 3.78. The molecule has 0 saturated carbocycles. The van der Waals surface area contributed by atoms with Crippen LogP contribution in [0.4, 0.5) is 0 Å². The van der Waals surface area contributed by atoms with Crippen molar-refractivity contribution in [3.8, 4) is 11.1 Å². The standard InChI is InChI=1S/C24H31N3O3S2/c1-24(2)11-15(4-7-32(24,29)30)21-12-26-22-19(21)9-16(10-20(22)23(25)28)17-8-18(31-14-17)13-27-5-3-6-27/h8-10,12,14-15,26,29-30H,3-7,11,13H2,1-2H3,(H2,25,28). The molecule has 32 heavy (non-hydrogen) atoms. The second-order valence-corrected chi connectivity index (χ2v) is 13.6. The molecule has 0 bridgehead atoms. The molecular formula is C24H31N3O3S2. The number of nitrogens with one attached hydrogen (secondary N) is 1. The molecule has 2 aliphatic rings. The fraction of sp³-hybridized carbons (Fsp3) is 0.458. The van der Waals surface area contributed by atoms with Crippen LogP contribution < -0.4 is 5.73 Å². The first kappa shape index (κ1) is 22.0. The lowest BCUT2D eigenvalue weighted by Gasteiger charge is -2.52. The summed E-state index contributed by atoms with van der Waals surface area (Å²) in [6.07, 6.45) is 4.66. The largest absolute Gasteiger partial charge is 0.366 e. The van der Waals surface area contributed by atoms with Gasteiger partial charge in [-0.15, -0.1) is 11.3 Å².